The van der Waals surface area contributed by atoms with E-state index in [2.05, 4.69) is 6.92 Å². The van der Waals surface area contributed by atoms with E-state index in [0.717, 1.165) is 10.5 Å². The number of ether oxygens (including phenoxy) is 1. The van der Waals surface area contributed by atoms with Gasteiger partial charge in [0.2, 0.25) is 0 Å². The Hall–Kier alpha value is -1.00. The van der Waals surface area contributed by atoms with Crippen molar-refractivity contribution in [2.24, 2.45) is 0 Å². The van der Waals surface area contributed by atoms with E-state index >= 15 is 0 Å². The highest BCUT2D eigenvalue weighted by molar-refractivity contribution is 8.00. The Labute approximate surface area is 99.8 Å². The van der Waals surface area contributed by atoms with Gasteiger partial charge in [0.05, 0.1) is 13.0 Å². The van der Waals surface area contributed by atoms with Crippen molar-refractivity contribution in [3.05, 3.63) is 29.8 Å². The molecule has 1 aromatic carbocycles. The van der Waals surface area contributed by atoms with Gasteiger partial charge in [0, 0.05) is 17.3 Å². The van der Waals surface area contributed by atoms with Crippen LogP contribution >= 0.6 is 11.8 Å². The monoisotopic (exact) mass is 240 g/mol. The van der Waals surface area contributed by atoms with E-state index in [9.17, 15) is 4.79 Å². The molecule has 0 saturated carbocycles. The van der Waals surface area contributed by atoms with Crippen LogP contribution in [0.3, 0.4) is 0 Å². The molecule has 1 unspecified atom stereocenters. The van der Waals surface area contributed by atoms with Crippen LogP contribution in [-0.2, 0) is 16.0 Å². The van der Waals surface area contributed by atoms with Crippen molar-refractivity contribution < 1.29 is 14.6 Å². The summed E-state index contributed by atoms with van der Waals surface area (Å²) >= 11 is 1.72. The van der Waals surface area contributed by atoms with Gasteiger partial charge in [-0.1, -0.05) is 19.1 Å². The molecule has 0 saturated heterocycles. The van der Waals surface area contributed by atoms with E-state index in [-0.39, 0.29) is 6.42 Å². The van der Waals surface area contributed by atoms with Crippen molar-refractivity contribution >= 4 is 17.7 Å². The average molecular weight is 240 g/mol. The molecular weight excluding hydrogens is 224 g/mol. The molecule has 1 N–H and O–H groups in total. The van der Waals surface area contributed by atoms with E-state index in [0.29, 0.717) is 11.9 Å². The van der Waals surface area contributed by atoms with Gasteiger partial charge in [-0.2, -0.15) is 0 Å². The summed E-state index contributed by atoms with van der Waals surface area (Å²) in [6.45, 7) is 2.81. The summed E-state index contributed by atoms with van der Waals surface area (Å²) in [5.74, 6) is -0.798. The van der Waals surface area contributed by atoms with Gasteiger partial charge >= 0.3 is 5.97 Å². The predicted octanol–water partition coefficient (Wildman–Crippen LogP) is 2.44. The quantitative estimate of drug-likeness (QED) is 0.776. The maximum absolute atomic E-state index is 10.5. The Morgan fingerprint density at radius 1 is 1.44 bits per heavy atom. The van der Waals surface area contributed by atoms with Crippen molar-refractivity contribution in [3.8, 4) is 0 Å². The molecular formula is C12H16O3S. The lowest BCUT2D eigenvalue weighted by Gasteiger charge is -2.09. The highest BCUT2D eigenvalue weighted by Gasteiger charge is 2.04. The number of carbonyl (C=O) groups is 1. The second-order valence-corrected chi connectivity index (χ2v) is 5.11. The van der Waals surface area contributed by atoms with Gasteiger partial charge in [-0.05, 0) is 17.7 Å². The third-order valence-electron chi connectivity index (χ3n) is 2.02. The van der Waals surface area contributed by atoms with Crippen LogP contribution < -0.4 is 0 Å². The number of methoxy groups -OCH3 is 1. The molecule has 0 bridgehead atoms. The molecule has 0 aromatic heterocycles. The minimum absolute atomic E-state index is 0.0819. The highest BCUT2D eigenvalue weighted by Crippen LogP contribution is 2.23. The fraction of sp³-hybridized carbons (Fsp3) is 0.417. The number of aliphatic carboxylic acids is 1. The Bertz CT molecular complexity index is 335. The van der Waals surface area contributed by atoms with Crippen molar-refractivity contribution in [1.82, 2.24) is 0 Å². The predicted molar refractivity (Wildman–Crippen MR) is 65.0 cm³/mol. The fourth-order valence-corrected chi connectivity index (χ4v) is 2.32. The van der Waals surface area contributed by atoms with Gasteiger partial charge in [-0.15, -0.1) is 11.8 Å². The lowest BCUT2D eigenvalue weighted by atomic mass is 10.2. The van der Waals surface area contributed by atoms with E-state index in [4.69, 9.17) is 9.84 Å². The van der Waals surface area contributed by atoms with Crippen LogP contribution in [0.4, 0.5) is 0 Å². The molecule has 4 heteroatoms. The Balaban J connectivity index is 2.54. The van der Waals surface area contributed by atoms with Crippen LogP contribution in [0, 0.1) is 0 Å². The van der Waals surface area contributed by atoms with Gasteiger partial charge in [0.25, 0.3) is 0 Å². The molecule has 0 aliphatic rings. The molecule has 3 nitrogen and oxygen atoms in total. The van der Waals surface area contributed by atoms with E-state index in [1.807, 2.05) is 24.3 Å². The number of thioether (sulfide) groups is 1. The van der Waals surface area contributed by atoms with Gasteiger partial charge in [0.1, 0.15) is 0 Å². The summed E-state index contributed by atoms with van der Waals surface area (Å²) in [4.78, 5) is 11.6. The number of benzene rings is 1. The van der Waals surface area contributed by atoms with Crippen LogP contribution in [0.5, 0.6) is 0 Å². The summed E-state index contributed by atoms with van der Waals surface area (Å²) < 4.78 is 5.05. The highest BCUT2D eigenvalue weighted by atomic mass is 32.2. The smallest absolute Gasteiger partial charge is 0.307 e. The second kappa shape index (κ2) is 6.55. The van der Waals surface area contributed by atoms with Gasteiger partial charge in [0.15, 0.2) is 0 Å². The van der Waals surface area contributed by atoms with Crippen molar-refractivity contribution in [2.45, 2.75) is 23.5 Å². The molecule has 88 valence electrons. The summed E-state index contributed by atoms with van der Waals surface area (Å²) in [5, 5.41) is 9.03. The zero-order chi connectivity index (χ0) is 12.0. The summed E-state index contributed by atoms with van der Waals surface area (Å²) in [6.07, 6.45) is 0.0819. The molecule has 0 aliphatic heterocycles. The van der Waals surface area contributed by atoms with Crippen molar-refractivity contribution in [3.63, 3.8) is 0 Å². The van der Waals surface area contributed by atoms with Gasteiger partial charge in [-0.25, -0.2) is 0 Å². The third kappa shape index (κ3) is 4.68. The molecule has 0 radical (unpaired) electrons. The van der Waals surface area contributed by atoms with E-state index in [1.165, 1.54) is 0 Å². The maximum atomic E-state index is 10.5. The first kappa shape index (κ1) is 13.1. The molecule has 0 heterocycles. The van der Waals surface area contributed by atoms with Crippen LogP contribution in [0.1, 0.15) is 12.5 Å². The van der Waals surface area contributed by atoms with Crippen LogP contribution in [-0.4, -0.2) is 30.0 Å². The molecule has 0 fully saturated rings. The first-order valence-electron chi connectivity index (χ1n) is 5.08. The minimum Gasteiger partial charge on any atom is -0.481 e. The fourth-order valence-electron chi connectivity index (χ4n) is 1.36. The lowest BCUT2D eigenvalue weighted by Crippen LogP contribution is -2.04. The van der Waals surface area contributed by atoms with Crippen LogP contribution in [0.2, 0.25) is 0 Å². The molecule has 0 aliphatic carbocycles. The zero-order valence-corrected chi connectivity index (χ0v) is 10.3. The topological polar surface area (TPSA) is 46.5 Å². The lowest BCUT2D eigenvalue weighted by molar-refractivity contribution is -0.136. The first-order valence-corrected chi connectivity index (χ1v) is 5.96. The largest absolute Gasteiger partial charge is 0.481 e. The molecule has 16 heavy (non-hydrogen) atoms. The summed E-state index contributed by atoms with van der Waals surface area (Å²) in [6, 6.07) is 7.62. The summed E-state index contributed by atoms with van der Waals surface area (Å²) in [7, 11) is 1.69. The standard InChI is InChI=1S/C12H16O3S/c1-9(8-15-2)16-11-5-3-10(4-6-11)7-12(13)14/h3-6,9H,7-8H2,1-2H3,(H,13,14). The van der Waals surface area contributed by atoms with E-state index in [1.54, 1.807) is 18.9 Å². The summed E-state index contributed by atoms with van der Waals surface area (Å²) in [5.41, 5.74) is 0.830. The maximum Gasteiger partial charge on any atom is 0.307 e. The van der Waals surface area contributed by atoms with Gasteiger partial charge < -0.3 is 9.84 Å². The van der Waals surface area contributed by atoms with Crippen molar-refractivity contribution in [2.75, 3.05) is 13.7 Å². The third-order valence-corrected chi connectivity index (χ3v) is 3.10. The SMILES string of the molecule is COCC(C)Sc1ccc(CC(=O)O)cc1. The Kier molecular flexibility index (Phi) is 5.35. The molecule has 1 rings (SSSR count). The van der Waals surface area contributed by atoms with E-state index < -0.39 is 5.97 Å². The number of hydrogen-bond acceptors (Lipinski definition) is 3. The van der Waals surface area contributed by atoms with Crippen LogP contribution in [0.15, 0.2) is 29.2 Å². The molecule has 0 spiro atoms. The molecule has 1 aromatic rings. The van der Waals surface area contributed by atoms with Gasteiger partial charge in [-0.3, -0.25) is 4.79 Å². The Morgan fingerprint density at radius 2 is 2.06 bits per heavy atom. The normalized spacial score (nSPS) is 12.4. The molecule has 0 amide bonds. The first-order chi connectivity index (χ1) is 7.61. The zero-order valence-electron chi connectivity index (χ0n) is 9.47. The number of hydrogen-bond donors (Lipinski definition) is 1. The number of rotatable bonds is 6. The number of carboxylic acid groups (broad SMARTS) is 1. The second-order valence-electron chi connectivity index (χ2n) is 3.60. The molecule has 1 atom stereocenters. The Morgan fingerprint density at radius 3 is 2.56 bits per heavy atom. The van der Waals surface area contributed by atoms with Crippen molar-refractivity contribution in [1.29, 1.82) is 0 Å². The number of carboxylic acids is 1. The van der Waals surface area contributed by atoms with Crippen LogP contribution in [0.25, 0.3) is 0 Å². The average Bonchev–Trinajstić information content (AvgIpc) is 2.20. The minimum atomic E-state index is -0.798.